The monoisotopic (exact) mass is 407 g/mol. The molecule has 3 aromatic rings. The summed E-state index contributed by atoms with van der Waals surface area (Å²) in [7, 11) is -3.68. The highest BCUT2D eigenvalue weighted by Gasteiger charge is 2.26. The van der Waals surface area contributed by atoms with Crippen molar-refractivity contribution in [1.82, 2.24) is 23.9 Å². The number of fused-ring (bicyclic) bond motifs is 1. The van der Waals surface area contributed by atoms with Crippen LogP contribution in [-0.4, -0.2) is 38.8 Å². The number of aryl methyl sites for hydroxylation is 2. The van der Waals surface area contributed by atoms with Gasteiger partial charge in [-0.3, -0.25) is 0 Å². The molecular weight excluding hydrogens is 386 g/mol. The van der Waals surface area contributed by atoms with Gasteiger partial charge in [-0.05, 0) is 50.6 Å². The average Bonchev–Trinajstić information content (AvgIpc) is 3.01. The van der Waals surface area contributed by atoms with Crippen molar-refractivity contribution < 1.29 is 8.42 Å². The SMILES string of the molecule is CCCCN(Cc1nc2nc(C)cc(C)n2n1)S(=O)(=O)c1ccc(Cl)cc1. The van der Waals surface area contributed by atoms with Gasteiger partial charge in [-0.25, -0.2) is 17.9 Å². The second-order valence-electron chi connectivity index (χ2n) is 6.42. The third-order valence-corrected chi connectivity index (χ3v) is 6.30. The summed E-state index contributed by atoms with van der Waals surface area (Å²) in [5.74, 6) is 0.895. The summed E-state index contributed by atoms with van der Waals surface area (Å²) in [5.41, 5.74) is 1.74. The van der Waals surface area contributed by atoms with Crippen LogP contribution >= 0.6 is 11.6 Å². The Hall–Kier alpha value is -2.03. The van der Waals surface area contributed by atoms with E-state index in [0.717, 1.165) is 24.2 Å². The molecule has 0 aliphatic rings. The summed E-state index contributed by atoms with van der Waals surface area (Å²) >= 11 is 5.89. The average molecular weight is 408 g/mol. The van der Waals surface area contributed by atoms with Crippen molar-refractivity contribution in [3.63, 3.8) is 0 Å². The second kappa shape index (κ2) is 7.92. The van der Waals surface area contributed by atoms with Crippen LogP contribution < -0.4 is 0 Å². The topological polar surface area (TPSA) is 80.5 Å². The Morgan fingerprint density at radius 2 is 1.85 bits per heavy atom. The van der Waals surface area contributed by atoms with Gasteiger partial charge in [0.05, 0.1) is 11.4 Å². The van der Waals surface area contributed by atoms with Crippen molar-refractivity contribution in [3.05, 3.63) is 52.6 Å². The van der Waals surface area contributed by atoms with E-state index in [0.29, 0.717) is 23.2 Å². The largest absolute Gasteiger partial charge is 0.252 e. The Balaban J connectivity index is 1.95. The molecule has 0 saturated heterocycles. The molecule has 2 aromatic heterocycles. The molecule has 0 bridgehead atoms. The Morgan fingerprint density at radius 3 is 2.52 bits per heavy atom. The number of rotatable bonds is 7. The lowest BCUT2D eigenvalue weighted by atomic mass is 10.3. The summed E-state index contributed by atoms with van der Waals surface area (Å²) in [5, 5.41) is 4.93. The van der Waals surface area contributed by atoms with Crippen molar-refractivity contribution in [1.29, 1.82) is 0 Å². The van der Waals surface area contributed by atoms with Gasteiger partial charge in [-0.1, -0.05) is 24.9 Å². The van der Waals surface area contributed by atoms with Crippen LogP contribution in [0.4, 0.5) is 0 Å². The van der Waals surface area contributed by atoms with Gasteiger partial charge in [0.1, 0.15) is 0 Å². The van der Waals surface area contributed by atoms with E-state index in [1.807, 2.05) is 26.8 Å². The number of benzene rings is 1. The Labute approximate surface area is 164 Å². The normalized spacial score (nSPS) is 12.2. The van der Waals surface area contributed by atoms with Crippen molar-refractivity contribution >= 4 is 27.4 Å². The maximum atomic E-state index is 13.1. The molecule has 9 heteroatoms. The van der Waals surface area contributed by atoms with E-state index in [1.54, 1.807) is 16.6 Å². The standard InChI is InChI=1S/C18H22ClN5O2S/c1-4-5-10-23(27(25,26)16-8-6-15(19)7-9-16)12-17-21-18-20-13(2)11-14(3)24(18)22-17/h6-9,11H,4-5,10,12H2,1-3H3. The van der Waals surface area contributed by atoms with Crippen molar-refractivity contribution in [2.45, 2.75) is 45.1 Å². The molecule has 0 aliphatic heterocycles. The van der Waals surface area contributed by atoms with Crippen LogP contribution in [0.2, 0.25) is 5.02 Å². The third kappa shape index (κ3) is 4.28. The molecule has 0 amide bonds. The number of aromatic nitrogens is 4. The molecule has 0 atom stereocenters. The van der Waals surface area contributed by atoms with Crippen LogP contribution in [-0.2, 0) is 16.6 Å². The van der Waals surface area contributed by atoms with E-state index in [-0.39, 0.29) is 11.4 Å². The van der Waals surface area contributed by atoms with E-state index in [2.05, 4.69) is 15.1 Å². The molecule has 0 radical (unpaired) electrons. The van der Waals surface area contributed by atoms with Gasteiger partial charge in [-0.2, -0.15) is 9.29 Å². The van der Waals surface area contributed by atoms with E-state index in [9.17, 15) is 8.42 Å². The molecular formula is C18H22ClN5O2S. The van der Waals surface area contributed by atoms with E-state index >= 15 is 0 Å². The first kappa shape index (κ1) is 19.7. The minimum absolute atomic E-state index is 0.0901. The molecule has 0 spiro atoms. The number of nitrogens with zero attached hydrogens (tertiary/aromatic N) is 5. The van der Waals surface area contributed by atoms with Gasteiger partial charge in [0.25, 0.3) is 5.78 Å². The lowest BCUT2D eigenvalue weighted by molar-refractivity contribution is 0.389. The lowest BCUT2D eigenvalue weighted by Gasteiger charge is -2.20. The molecule has 27 heavy (non-hydrogen) atoms. The molecule has 1 aromatic carbocycles. The summed E-state index contributed by atoms with van der Waals surface area (Å²) in [4.78, 5) is 8.99. The fraction of sp³-hybridized carbons (Fsp3) is 0.389. The van der Waals surface area contributed by atoms with E-state index < -0.39 is 10.0 Å². The zero-order valence-corrected chi connectivity index (χ0v) is 17.1. The zero-order chi connectivity index (χ0) is 19.6. The van der Waals surface area contributed by atoms with E-state index in [4.69, 9.17) is 11.6 Å². The van der Waals surface area contributed by atoms with Gasteiger partial charge >= 0.3 is 0 Å². The molecule has 0 fully saturated rings. The van der Waals surface area contributed by atoms with Gasteiger partial charge < -0.3 is 0 Å². The Bertz CT molecular complexity index is 1050. The maximum absolute atomic E-state index is 13.1. The molecule has 0 aliphatic carbocycles. The molecule has 2 heterocycles. The number of unbranched alkanes of at least 4 members (excludes halogenated alkanes) is 1. The van der Waals surface area contributed by atoms with Crippen molar-refractivity contribution in [2.75, 3.05) is 6.54 Å². The first-order valence-corrected chi connectivity index (χ1v) is 10.6. The minimum Gasteiger partial charge on any atom is -0.216 e. The van der Waals surface area contributed by atoms with Crippen LogP contribution in [0, 0.1) is 13.8 Å². The second-order valence-corrected chi connectivity index (χ2v) is 8.80. The quantitative estimate of drug-likeness (QED) is 0.599. The highest BCUT2D eigenvalue weighted by molar-refractivity contribution is 7.89. The van der Waals surface area contributed by atoms with E-state index in [1.165, 1.54) is 16.4 Å². The number of sulfonamides is 1. The van der Waals surface area contributed by atoms with Crippen LogP contribution in [0.25, 0.3) is 5.78 Å². The highest BCUT2D eigenvalue weighted by Crippen LogP contribution is 2.21. The van der Waals surface area contributed by atoms with Crippen LogP contribution in [0.3, 0.4) is 0 Å². The summed E-state index contributed by atoms with van der Waals surface area (Å²) in [6.45, 7) is 6.31. The first-order valence-electron chi connectivity index (χ1n) is 8.77. The molecule has 0 saturated carbocycles. The van der Waals surface area contributed by atoms with Gasteiger partial charge in [0.2, 0.25) is 10.0 Å². The Kier molecular flexibility index (Phi) is 5.78. The fourth-order valence-electron chi connectivity index (χ4n) is 2.81. The van der Waals surface area contributed by atoms with Crippen molar-refractivity contribution in [2.24, 2.45) is 0 Å². The molecule has 144 valence electrons. The maximum Gasteiger partial charge on any atom is 0.252 e. The Morgan fingerprint density at radius 1 is 1.15 bits per heavy atom. The molecule has 3 rings (SSSR count). The smallest absolute Gasteiger partial charge is 0.216 e. The summed E-state index contributed by atoms with van der Waals surface area (Å²) < 4.78 is 29.2. The van der Waals surface area contributed by atoms with Crippen molar-refractivity contribution in [3.8, 4) is 0 Å². The molecule has 0 unspecified atom stereocenters. The lowest BCUT2D eigenvalue weighted by Crippen LogP contribution is -2.32. The zero-order valence-electron chi connectivity index (χ0n) is 15.6. The third-order valence-electron chi connectivity index (χ3n) is 4.19. The van der Waals surface area contributed by atoms with Crippen LogP contribution in [0.5, 0.6) is 0 Å². The minimum atomic E-state index is -3.68. The number of hydrogen-bond donors (Lipinski definition) is 0. The molecule has 7 nitrogen and oxygen atoms in total. The number of halogens is 1. The highest BCUT2D eigenvalue weighted by atomic mass is 35.5. The summed E-state index contributed by atoms with van der Waals surface area (Å²) in [6, 6.07) is 8.09. The van der Waals surface area contributed by atoms with Gasteiger partial charge in [-0.15, -0.1) is 5.10 Å². The van der Waals surface area contributed by atoms with Crippen LogP contribution in [0.1, 0.15) is 37.0 Å². The number of hydrogen-bond acceptors (Lipinski definition) is 5. The predicted molar refractivity (Wildman–Crippen MR) is 104 cm³/mol. The fourth-order valence-corrected chi connectivity index (χ4v) is 4.37. The molecule has 0 N–H and O–H groups in total. The van der Waals surface area contributed by atoms with Gasteiger partial charge in [0.15, 0.2) is 5.82 Å². The predicted octanol–water partition coefficient (Wildman–Crippen LogP) is 3.39. The van der Waals surface area contributed by atoms with Gasteiger partial charge in [0, 0.05) is 23.0 Å². The van der Waals surface area contributed by atoms with Crippen LogP contribution in [0.15, 0.2) is 35.2 Å². The summed E-state index contributed by atoms with van der Waals surface area (Å²) in [6.07, 6.45) is 1.63. The first-order chi connectivity index (χ1) is 12.8.